The standard InChI is InChI=1S/C21H20NO3P.C20H19OP/c1-15-6-4-8-19(11-15)26(25,21-12-16(2)10-17(3)13-21)20-9-5-7-18(14-20)22(23)24;1-16-13-17(2)15-20(14-16)22(21,18-9-5-3-6-10-18)19-11-7-4-8-12-19/h4-14H,1-3H3;3-15H,1-2H3. The summed E-state index contributed by atoms with van der Waals surface area (Å²) in [5, 5.41) is 15.8. The molecule has 0 aromatic heterocycles. The zero-order valence-electron chi connectivity index (χ0n) is 27.8. The van der Waals surface area contributed by atoms with E-state index in [0.29, 0.717) is 15.9 Å². The third-order valence-electron chi connectivity index (χ3n) is 8.15. The fraction of sp³-hybridized carbons (Fsp3) is 0.122. The topological polar surface area (TPSA) is 77.3 Å². The van der Waals surface area contributed by atoms with Gasteiger partial charge in [-0.05, 0) is 65.0 Å². The molecular formula is C41H39NO4P2. The third-order valence-corrected chi connectivity index (χ3v) is 14.2. The van der Waals surface area contributed by atoms with Gasteiger partial charge in [-0.25, -0.2) is 0 Å². The molecule has 1 unspecified atom stereocenters. The van der Waals surface area contributed by atoms with Gasteiger partial charge in [0.05, 0.1) is 4.92 Å². The summed E-state index contributed by atoms with van der Waals surface area (Å²) in [5.41, 5.74) is 5.25. The molecule has 0 bridgehead atoms. The number of nitro groups is 1. The highest BCUT2D eigenvalue weighted by molar-refractivity contribution is 7.85. The minimum absolute atomic E-state index is 0.0558. The molecule has 0 saturated carbocycles. The minimum Gasteiger partial charge on any atom is -0.309 e. The van der Waals surface area contributed by atoms with Gasteiger partial charge in [0.25, 0.3) is 5.69 Å². The predicted octanol–water partition coefficient (Wildman–Crippen LogP) is 8.10. The molecule has 0 radical (unpaired) electrons. The van der Waals surface area contributed by atoms with Crippen molar-refractivity contribution in [1.82, 2.24) is 0 Å². The Bertz CT molecular complexity index is 2090. The van der Waals surface area contributed by atoms with E-state index in [4.69, 9.17) is 0 Å². The summed E-state index contributed by atoms with van der Waals surface area (Å²) < 4.78 is 28.5. The molecule has 0 heterocycles. The lowest BCUT2D eigenvalue weighted by Gasteiger charge is -2.21. The van der Waals surface area contributed by atoms with Crippen LogP contribution in [0.15, 0.2) is 146 Å². The van der Waals surface area contributed by atoms with Crippen molar-refractivity contribution in [3.8, 4) is 0 Å². The quantitative estimate of drug-likeness (QED) is 0.0977. The number of benzene rings is 6. The van der Waals surface area contributed by atoms with E-state index in [2.05, 4.69) is 19.9 Å². The zero-order valence-corrected chi connectivity index (χ0v) is 29.6. The highest BCUT2D eigenvalue weighted by Gasteiger charge is 2.32. The normalized spacial score (nSPS) is 12.4. The molecule has 0 aliphatic carbocycles. The lowest BCUT2D eigenvalue weighted by atomic mass is 10.2. The van der Waals surface area contributed by atoms with Gasteiger partial charge in [0.1, 0.15) is 0 Å². The van der Waals surface area contributed by atoms with E-state index >= 15 is 0 Å². The summed E-state index contributed by atoms with van der Waals surface area (Å²) >= 11 is 0. The Morgan fingerprint density at radius 1 is 0.396 bits per heavy atom. The van der Waals surface area contributed by atoms with Crippen LogP contribution in [0.4, 0.5) is 5.69 Å². The summed E-state index contributed by atoms with van der Waals surface area (Å²) in [6, 6.07) is 45.4. The largest absolute Gasteiger partial charge is 0.309 e. The molecular weight excluding hydrogens is 632 g/mol. The highest BCUT2D eigenvalue weighted by Crippen LogP contribution is 2.44. The van der Waals surface area contributed by atoms with Crippen molar-refractivity contribution in [3.05, 3.63) is 184 Å². The van der Waals surface area contributed by atoms with Crippen LogP contribution in [-0.4, -0.2) is 4.92 Å². The van der Waals surface area contributed by atoms with Gasteiger partial charge in [-0.1, -0.05) is 131 Å². The Morgan fingerprint density at radius 2 is 0.750 bits per heavy atom. The Balaban J connectivity index is 0.000000190. The average Bonchev–Trinajstić information content (AvgIpc) is 3.08. The van der Waals surface area contributed by atoms with Crippen molar-refractivity contribution >= 4 is 51.8 Å². The van der Waals surface area contributed by atoms with Crippen LogP contribution in [0.2, 0.25) is 0 Å². The maximum atomic E-state index is 14.4. The molecule has 0 fully saturated rings. The first-order valence-electron chi connectivity index (χ1n) is 15.7. The fourth-order valence-corrected chi connectivity index (χ4v) is 11.9. The summed E-state index contributed by atoms with van der Waals surface area (Å²) in [4.78, 5) is 10.8. The van der Waals surface area contributed by atoms with E-state index in [-0.39, 0.29) is 5.69 Å². The summed E-state index contributed by atoms with van der Waals surface area (Å²) in [7, 11) is -6.06. The van der Waals surface area contributed by atoms with Gasteiger partial charge in [-0.2, -0.15) is 0 Å². The van der Waals surface area contributed by atoms with Crippen molar-refractivity contribution in [2.45, 2.75) is 34.6 Å². The van der Waals surface area contributed by atoms with Gasteiger partial charge in [-0.15, -0.1) is 0 Å². The molecule has 0 aliphatic heterocycles. The molecule has 242 valence electrons. The maximum Gasteiger partial charge on any atom is 0.270 e. The molecule has 0 amide bonds. The fourth-order valence-electron chi connectivity index (χ4n) is 6.06. The SMILES string of the molecule is Cc1cc(C)cc(P(=O)(c2ccccc2)c2ccccc2)c1.Cc1cccc(P(=O)(c2cc(C)cc(C)c2)c2cccc([N+](=O)[O-])c2)c1. The van der Waals surface area contributed by atoms with E-state index in [1.54, 1.807) is 12.1 Å². The maximum absolute atomic E-state index is 14.4. The molecule has 0 aliphatic rings. The molecule has 48 heavy (non-hydrogen) atoms. The Morgan fingerprint density at radius 3 is 1.17 bits per heavy atom. The zero-order chi connectivity index (χ0) is 34.5. The van der Waals surface area contributed by atoms with Crippen LogP contribution in [0.5, 0.6) is 0 Å². The Kier molecular flexibility index (Phi) is 10.4. The van der Waals surface area contributed by atoms with Crippen LogP contribution in [0, 0.1) is 44.7 Å². The lowest BCUT2D eigenvalue weighted by molar-refractivity contribution is -0.384. The molecule has 6 rings (SSSR count). The second kappa shape index (κ2) is 14.5. The molecule has 0 spiro atoms. The monoisotopic (exact) mass is 671 g/mol. The second-order valence-electron chi connectivity index (χ2n) is 12.2. The highest BCUT2D eigenvalue weighted by atomic mass is 31.2. The molecule has 0 saturated heterocycles. The Labute approximate surface area is 283 Å². The van der Waals surface area contributed by atoms with Crippen molar-refractivity contribution in [2.24, 2.45) is 0 Å². The summed E-state index contributed by atoms with van der Waals surface area (Å²) in [6.45, 7) is 9.98. The first-order chi connectivity index (χ1) is 22.9. The second-order valence-corrected chi connectivity index (χ2v) is 17.7. The van der Waals surface area contributed by atoms with E-state index in [1.165, 1.54) is 12.1 Å². The Hall–Kier alpha value is -4.82. The number of non-ortho nitro benzene ring substituents is 1. The van der Waals surface area contributed by atoms with Gasteiger partial charge in [0, 0.05) is 44.0 Å². The smallest absolute Gasteiger partial charge is 0.270 e. The van der Waals surface area contributed by atoms with Crippen molar-refractivity contribution in [2.75, 3.05) is 0 Å². The van der Waals surface area contributed by atoms with Gasteiger partial charge >= 0.3 is 0 Å². The number of hydrogen-bond acceptors (Lipinski definition) is 4. The van der Waals surface area contributed by atoms with E-state index in [0.717, 1.165) is 43.7 Å². The van der Waals surface area contributed by atoms with Gasteiger partial charge < -0.3 is 9.13 Å². The third kappa shape index (κ3) is 7.34. The van der Waals surface area contributed by atoms with Crippen LogP contribution < -0.4 is 31.8 Å². The van der Waals surface area contributed by atoms with Crippen LogP contribution in [0.25, 0.3) is 0 Å². The predicted molar refractivity (Wildman–Crippen MR) is 202 cm³/mol. The molecule has 0 N–H and O–H groups in total. The van der Waals surface area contributed by atoms with Crippen molar-refractivity contribution in [3.63, 3.8) is 0 Å². The number of nitrogens with zero attached hydrogens (tertiary/aromatic N) is 1. The first-order valence-corrected chi connectivity index (χ1v) is 19.1. The van der Waals surface area contributed by atoms with Gasteiger partial charge in [-0.3, -0.25) is 10.1 Å². The number of rotatable bonds is 7. The average molecular weight is 672 g/mol. The van der Waals surface area contributed by atoms with E-state index in [1.807, 2.05) is 136 Å². The molecule has 5 nitrogen and oxygen atoms in total. The van der Waals surface area contributed by atoms with E-state index < -0.39 is 19.2 Å². The van der Waals surface area contributed by atoms with Crippen LogP contribution in [-0.2, 0) is 9.13 Å². The van der Waals surface area contributed by atoms with Gasteiger partial charge in [0.15, 0.2) is 14.3 Å². The van der Waals surface area contributed by atoms with Crippen molar-refractivity contribution < 1.29 is 14.1 Å². The van der Waals surface area contributed by atoms with Crippen molar-refractivity contribution in [1.29, 1.82) is 0 Å². The lowest BCUT2D eigenvalue weighted by Crippen LogP contribution is -2.26. The number of aryl methyl sites for hydroxylation is 5. The van der Waals surface area contributed by atoms with E-state index in [9.17, 15) is 19.2 Å². The molecule has 1 atom stereocenters. The summed E-state index contributed by atoms with van der Waals surface area (Å²) in [5.74, 6) is 0. The number of nitro benzene ring substituents is 1. The first kappa shape index (κ1) is 34.5. The molecule has 6 aromatic carbocycles. The van der Waals surface area contributed by atoms with Crippen LogP contribution in [0.3, 0.4) is 0 Å². The molecule has 7 heteroatoms. The minimum atomic E-state index is -3.23. The number of hydrogen-bond donors (Lipinski definition) is 0. The van der Waals surface area contributed by atoms with Gasteiger partial charge in [0.2, 0.25) is 0 Å². The van der Waals surface area contributed by atoms with Crippen LogP contribution >= 0.6 is 14.3 Å². The molecule has 6 aromatic rings. The summed E-state index contributed by atoms with van der Waals surface area (Å²) in [6.07, 6.45) is 0. The van der Waals surface area contributed by atoms with Crippen LogP contribution in [0.1, 0.15) is 27.8 Å².